The molecule has 0 bridgehead atoms. The minimum Gasteiger partial charge on any atom is -0.121 e. The maximum absolute atomic E-state index is 5.77. The molecule has 1 aromatic heterocycles. The molecule has 5 heteroatoms. The Labute approximate surface area is 78.3 Å². The zero-order chi connectivity index (χ0) is 7.72. The minimum absolute atomic E-state index is 0.454. The fourth-order valence-electron chi connectivity index (χ4n) is 0.571. The summed E-state index contributed by atoms with van der Waals surface area (Å²) in [5.41, 5.74) is 0. The maximum atomic E-state index is 5.77. The van der Waals surface area contributed by atoms with Gasteiger partial charge in [-0.15, -0.1) is 3.96 Å². The highest BCUT2D eigenvalue weighted by Gasteiger charge is 2.20. The van der Waals surface area contributed by atoms with Crippen LogP contribution in [0.15, 0.2) is 0 Å². The molecule has 0 saturated carbocycles. The minimum atomic E-state index is 0.454. The molecule has 0 fully saturated rings. The molecule has 10 heavy (non-hydrogen) atoms. The highest BCUT2D eigenvalue weighted by molar-refractivity contribution is 7.08. The van der Waals surface area contributed by atoms with Crippen molar-refractivity contribution < 1.29 is 3.96 Å². The second-order valence-electron chi connectivity index (χ2n) is 1.66. The SMILES string of the molecule is CC[n+]1sc(Cl)c(Cl)c1Cl. The molecule has 1 rings (SSSR count). The summed E-state index contributed by atoms with van der Waals surface area (Å²) in [6, 6.07) is 0. The van der Waals surface area contributed by atoms with Crippen LogP contribution in [0.25, 0.3) is 0 Å². The second kappa shape index (κ2) is 3.26. The molecule has 0 aliphatic rings. The molecule has 0 atom stereocenters. The highest BCUT2D eigenvalue weighted by Crippen LogP contribution is 2.30. The first kappa shape index (κ1) is 8.60. The summed E-state index contributed by atoms with van der Waals surface area (Å²) in [4.78, 5) is 0. The van der Waals surface area contributed by atoms with Gasteiger partial charge in [0.2, 0.25) is 0 Å². The van der Waals surface area contributed by atoms with Crippen molar-refractivity contribution in [2.24, 2.45) is 0 Å². The van der Waals surface area contributed by atoms with Gasteiger partial charge in [0.25, 0.3) is 0 Å². The number of hydrogen-bond acceptors (Lipinski definition) is 1. The maximum Gasteiger partial charge on any atom is 0.309 e. The summed E-state index contributed by atoms with van der Waals surface area (Å²) in [6.07, 6.45) is 0. The number of aromatic nitrogens is 1. The summed E-state index contributed by atoms with van der Waals surface area (Å²) < 4.78 is 2.38. The number of nitrogens with zero attached hydrogens (tertiary/aromatic N) is 1. The molecule has 0 aromatic carbocycles. The summed E-state index contributed by atoms with van der Waals surface area (Å²) in [6.45, 7) is 2.78. The lowest BCUT2D eigenvalue weighted by molar-refractivity contribution is -0.622. The van der Waals surface area contributed by atoms with Crippen LogP contribution in [0.1, 0.15) is 6.92 Å². The first-order valence-corrected chi connectivity index (χ1v) is 4.61. The molecule has 1 aromatic rings. The van der Waals surface area contributed by atoms with Gasteiger partial charge in [-0.2, -0.15) is 0 Å². The van der Waals surface area contributed by atoms with E-state index in [1.807, 2.05) is 10.9 Å². The van der Waals surface area contributed by atoms with Gasteiger partial charge in [0.1, 0.15) is 0 Å². The molecule has 0 radical (unpaired) electrons. The molecule has 0 aliphatic carbocycles. The van der Waals surface area contributed by atoms with E-state index in [9.17, 15) is 0 Å². The van der Waals surface area contributed by atoms with Crippen molar-refractivity contribution in [3.05, 3.63) is 14.5 Å². The molecule has 56 valence electrons. The Kier molecular flexibility index (Phi) is 2.81. The Morgan fingerprint density at radius 3 is 2.20 bits per heavy atom. The van der Waals surface area contributed by atoms with Gasteiger partial charge in [0.05, 0.1) is 0 Å². The first-order chi connectivity index (χ1) is 4.66. The van der Waals surface area contributed by atoms with Crippen molar-refractivity contribution in [2.45, 2.75) is 13.5 Å². The fourth-order valence-corrected chi connectivity index (χ4v) is 2.26. The van der Waals surface area contributed by atoms with Crippen molar-refractivity contribution in [1.29, 1.82) is 0 Å². The first-order valence-electron chi connectivity index (χ1n) is 2.70. The van der Waals surface area contributed by atoms with E-state index in [-0.39, 0.29) is 0 Å². The Morgan fingerprint density at radius 1 is 1.40 bits per heavy atom. The molecular formula is C5H5Cl3NS+. The molecule has 0 N–H and O–H groups in total. The molecule has 0 unspecified atom stereocenters. The molecule has 0 spiro atoms. The number of halogens is 3. The van der Waals surface area contributed by atoms with Crippen LogP contribution in [0.2, 0.25) is 14.5 Å². The lowest BCUT2D eigenvalue weighted by Crippen LogP contribution is -2.27. The zero-order valence-corrected chi connectivity index (χ0v) is 8.28. The Balaban J connectivity index is 3.17. The van der Waals surface area contributed by atoms with E-state index in [2.05, 4.69) is 0 Å². The van der Waals surface area contributed by atoms with Gasteiger partial charge in [-0.05, 0) is 18.5 Å². The quantitative estimate of drug-likeness (QED) is 0.637. The van der Waals surface area contributed by atoms with Crippen LogP contribution in [-0.4, -0.2) is 0 Å². The van der Waals surface area contributed by atoms with Gasteiger partial charge in [-0.25, -0.2) is 0 Å². The van der Waals surface area contributed by atoms with Gasteiger partial charge < -0.3 is 0 Å². The third-order valence-electron chi connectivity index (χ3n) is 1.05. The Bertz CT molecular complexity index is 245. The molecule has 0 aliphatic heterocycles. The Hall–Kier alpha value is 0.500. The molecule has 1 nitrogen and oxygen atoms in total. The zero-order valence-electron chi connectivity index (χ0n) is 5.20. The van der Waals surface area contributed by atoms with Crippen LogP contribution in [0.4, 0.5) is 0 Å². The van der Waals surface area contributed by atoms with Gasteiger partial charge in [-0.3, -0.25) is 0 Å². The van der Waals surface area contributed by atoms with E-state index < -0.39 is 0 Å². The third kappa shape index (κ3) is 1.40. The van der Waals surface area contributed by atoms with Crippen molar-refractivity contribution in [1.82, 2.24) is 0 Å². The van der Waals surface area contributed by atoms with E-state index in [4.69, 9.17) is 34.8 Å². The normalized spacial score (nSPS) is 10.4. The molecule has 0 amide bonds. The van der Waals surface area contributed by atoms with E-state index in [1.165, 1.54) is 11.5 Å². The van der Waals surface area contributed by atoms with Crippen LogP contribution in [-0.2, 0) is 6.54 Å². The van der Waals surface area contributed by atoms with Crippen LogP contribution in [0.5, 0.6) is 0 Å². The molecule has 0 saturated heterocycles. The van der Waals surface area contributed by atoms with Crippen molar-refractivity contribution in [2.75, 3.05) is 0 Å². The van der Waals surface area contributed by atoms with Crippen molar-refractivity contribution in [3.8, 4) is 0 Å². The summed E-state index contributed by atoms with van der Waals surface area (Å²) in [5, 5.41) is 0.981. The average Bonchev–Trinajstić information content (AvgIpc) is 2.17. The van der Waals surface area contributed by atoms with Crippen molar-refractivity contribution in [3.63, 3.8) is 0 Å². The monoisotopic (exact) mass is 216 g/mol. The summed E-state index contributed by atoms with van der Waals surface area (Å²) in [5.74, 6) is 0. The fraction of sp³-hybridized carbons (Fsp3) is 0.400. The van der Waals surface area contributed by atoms with Crippen LogP contribution >= 0.6 is 46.3 Å². The molecular weight excluding hydrogens is 212 g/mol. The summed E-state index contributed by atoms with van der Waals surface area (Å²) >= 11 is 18.5. The molecule has 1 heterocycles. The van der Waals surface area contributed by atoms with Gasteiger partial charge in [0, 0.05) is 0 Å². The smallest absolute Gasteiger partial charge is 0.121 e. The van der Waals surface area contributed by atoms with Crippen LogP contribution in [0.3, 0.4) is 0 Å². The lowest BCUT2D eigenvalue weighted by atomic mass is 10.7. The topological polar surface area (TPSA) is 3.88 Å². The number of rotatable bonds is 1. The number of aryl methyl sites for hydroxylation is 1. The van der Waals surface area contributed by atoms with Crippen LogP contribution in [0, 0.1) is 0 Å². The van der Waals surface area contributed by atoms with Crippen molar-refractivity contribution >= 4 is 46.3 Å². The van der Waals surface area contributed by atoms with E-state index in [0.29, 0.717) is 14.5 Å². The predicted octanol–water partition coefficient (Wildman–Crippen LogP) is 3.02. The lowest BCUT2D eigenvalue weighted by Gasteiger charge is -1.80. The average molecular weight is 218 g/mol. The van der Waals surface area contributed by atoms with Gasteiger partial charge >= 0.3 is 5.15 Å². The van der Waals surface area contributed by atoms with E-state index >= 15 is 0 Å². The third-order valence-corrected chi connectivity index (χ3v) is 3.64. The Morgan fingerprint density at radius 2 is 2.00 bits per heavy atom. The van der Waals surface area contributed by atoms with Gasteiger partial charge in [-0.1, -0.05) is 23.2 Å². The number of hydrogen-bond donors (Lipinski definition) is 0. The standard InChI is InChI=1S/C5H5Cl3NS/c1-2-9-4(7)3(6)5(8)10-9/h2H2,1H3/q+1. The second-order valence-corrected chi connectivity index (χ2v) is 4.03. The van der Waals surface area contributed by atoms with E-state index in [0.717, 1.165) is 6.54 Å². The predicted molar refractivity (Wildman–Crippen MR) is 45.2 cm³/mol. The van der Waals surface area contributed by atoms with Crippen LogP contribution < -0.4 is 3.96 Å². The van der Waals surface area contributed by atoms with E-state index in [1.54, 1.807) is 0 Å². The summed E-state index contributed by atoms with van der Waals surface area (Å²) in [7, 11) is 0. The van der Waals surface area contributed by atoms with Gasteiger partial charge in [0.15, 0.2) is 27.4 Å². The largest absolute Gasteiger partial charge is 0.309 e. The highest BCUT2D eigenvalue weighted by atomic mass is 35.5.